The van der Waals surface area contributed by atoms with Gasteiger partial charge in [-0.15, -0.1) is 11.3 Å². The normalized spacial score (nSPS) is 15.5. The predicted octanol–water partition coefficient (Wildman–Crippen LogP) is 1.57. The van der Waals surface area contributed by atoms with Gasteiger partial charge in [0.15, 0.2) is 0 Å². The largest absolute Gasteiger partial charge is 0.474 e. The Labute approximate surface area is 185 Å². The molecule has 0 bridgehead atoms. The number of carbonyl (C=O) groups excluding carboxylic acids is 3. The molecule has 3 rings (SSSR count). The van der Waals surface area contributed by atoms with Gasteiger partial charge in [0.05, 0.1) is 28.9 Å². The van der Waals surface area contributed by atoms with Crippen LogP contribution >= 0.6 is 22.9 Å². The van der Waals surface area contributed by atoms with Crippen LogP contribution in [0.25, 0.3) is 0 Å². The molecule has 2 heterocycles. The summed E-state index contributed by atoms with van der Waals surface area (Å²) in [6.07, 6.45) is -1.16. The van der Waals surface area contributed by atoms with E-state index >= 15 is 0 Å². The van der Waals surface area contributed by atoms with E-state index in [2.05, 4.69) is 5.32 Å². The Hall–Kier alpha value is -3.15. The average molecular weight is 468 g/mol. The van der Waals surface area contributed by atoms with Gasteiger partial charge in [0.25, 0.3) is 5.91 Å². The van der Waals surface area contributed by atoms with Gasteiger partial charge in [-0.05, 0) is 36.4 Å². The Balaban J connectivity index is 1.62. The number of carboxylic acid groups (broad SMARTS) is 1. The van der Waals surface area contributed by atoms with Gasteiger partial charge in [0.2, 0.25) is 0 Å². The van der Waals surface area contributed by atoms with E-state index in [0.717, 1.165) is 16.2 Å². The summed E-state index contributed by atoms with van der Waals surface area (Å²) < 4.78 is 5.78. The number of nitrogens with zero attached hydrogens (tertiary/aromatic N) is 2. The summed E-state index contributed by atoms with van der Waals surface area (Å²) in [4.78, 5) is 49.8. The van der Waals surface area contributed by atoms with Crippen molar-refractivity contribution in [2.75, 3.05) is 36.0 Å². The lowest BCUT2D eigenvalue weighted by Crippen LogP contribution is -2.38. The molecule has 1 fully saturated rings. The van der Waals surface area contributed by atoms with E-state index in [9.17, 15) is 19.2 Å². The van der Waals surface area contributed by atoms with Crippen molar-refractivity contribution >= 4 is 58.2 Å². The maximum absolute atomic E-state index is 12.2. The van der Waals surface area contributed by atoms with Gasteiger partial charge < -0.3 is 25.2 Å². The zero-order valence-electron chi connectivity index (χ0n) is 16.0. The number of aliphatic hydroxyl groups excluding tert-OH is 1. The van der Waals surface area contributed by atoms with Crippen molar-refractivity contribution in [2.45, 2.75) is 6.10 Å². The number of carboxylic acids is 1. The van der Waals surface area contributed by atoms with Crippen LogP contribution in [0.5, 0.6) is 0 Å². The number of aliphatic hydroxyl groups is 1. The molecular weight excluding hydrogens is 450 g/mol. The summed E-state index contributed by atoms with van der Waals surface area (Å²) in [5.74, 6) is -3.14. The minimum atomic E-state index is -1.64. The van der Waals surface area contributed by atoms with Crippen molar-refractivity contribution in [1.82, 2.24) is 5.32 Å². The number of aliphatic carboxylic acids is 1. The molecule has 1 aliphatic rings. The van der Waals surface area contributed by atoms with E-state index in [1.165, 1.54) is 29.2 Å². The second kappa shape index (κ2) is 9.77. The molecule has 0 radical (unpaired) electrons. The van der Waals surface area contributed by atoms with Crippen molar-refractivity contribution in [1.29, 1.82) is 0 Å². The number of carbonyl (C=O) groups is 4. The number of halogens is 1. The summed E-state index contributed by atoms with van der Waals surface area (Å²) >= 11 is 6.96. The van der Waals surface area contributed by atoms with E-state index in [1.807, 2.05) is 0 Å². The topological polar surface area (TPSA) is 136 Å². The summed E-state index contributed by atoms with van der Waals surface area (Å²) in [6.45, 7) is -0.290. The fourth-order valence-corrected chi connectivity index (χ4v) is 3.90. The Bertz CT molecular complexity index is 995. The highest BCUT2D eigenvalue weighted by molar-refractivity contribution is 7.18. The maximum Gasteiger partial charge on any atom is 0.414 e. The van der Waals surface area contributed by atoms with Crippen LogP contribution in [0.4, 0.5) is 16.2 Å². The number of thiophene rings is 1. The van der Waals surface area contributed by atoms with E-state index in [-0.39, 0.29) is 31.2 Å². The van der Waals surface area contributed by atoms with Crippen LogP contribution in [0.2, 0.25) is 4.34 Å². The fraction of sp³-hybridized carbons (Fsp3) is 0.263. The van der Waals surface area contributed by atoms with E-state index in [1.54, 1.807) is 12.1 Å². The molecule has 1 aromatic carbocycles. The third-order valence-electron chi connectivity index (χ3n) is 4.39. The monoisotopic (exact) mass is 467 g/mol. The Morgan fingerprint density at radius 2 is 1.94 bits per heavy atom. The number of hydrogen-bond donors (Lipinski definition) is 3. The van der Waals surface area contributed by atoms with Crippen molar-refractivity contribution in [3.63, 3.8) is 0 Å². The van der Waals surface area contributed by atoms with E-state index in [0.29, 0.717) is 14.9 Å². The molecule has 1 aromatic heterocycles. The first-order valence-corrected chi connectivity index (χ1v) is 10.3. The second-order valence-corrected chi connectivity index (χ2v) is 8.15. The number of benzene rings is 1. The number of ether oxygens (including phenoxy) is 1. The molecule has 1 unspecified atom stereocenters. The van der Waals surface area contributed by atoms with Gasteiger partial charge >= 0.3 is 18.0 Å². The first-order chi connectivity index (χ1) is 14.8. The van der Waals surface area contributed by atoms with Crippen molar-refractivity contribution in [2.24, 2.45) is 0 Å². The number of rotatable bonds is 7. The zero-order chi connectivity index (χ0) is 22.5. The standard InChI is InChI=1S/C19H18ClN3O7S/c20-15-6-5-14(31-15)16(25)21-9-13-10-23(19(29)30-13)12-3-1-11(2-4-12)22(7-8-24)17(26)18(27)28/h1-6,13,24H,7-10H2,(H,21,25)(H,27,28). The first kappa shape index (κ1) is 22.5. The molecule has 0 aliphatic carbocycles. The quantitative estimate of drug-likeness (QED) is 0.525. The lowest BCUT2D eigenvalue weighted by molar-refractivity contribution is -0.148. The van der Waals surface area contributed by atoms with Crippen LogP contribution in [-0.2, 0) is 14.3 Å². The molecule has 1 aliphatic heterocycles. The van der Waals surface area contributed by atoms with Crippen LogP contribution in [-0.4, -0.2) is 66.4 Å². The SMILES string of the molecule is O=C(O)C(=O)N(CCO)c1ccc(N2CC(CNC(=O)c3ccc(Cl)s3)OC2=O)cc1. The van der Waals surface area contributed by atoms with Gasteiger partial charge in [-0.25, -0.2) is 9.59 Å². The van der Waals surface area contributed by atoms with E-state index in [4.69, 9.17) is 26.6 Å². The van der Waals surface area contributed by atoms with Gasteiger partial charge in [0.1, 0.15) is 6.10 Å². The van der Waals surface area contributed by atoms with Crippen LogP contribution in [0.15, 0.2) is 36.4 Å². The van der Waals surface area contributed by atoms with Crippen LogP contribution in [0.1, 0.15) is 9.67 Å². The minimum Gasteiger partial charge on any atom is -0.474 e. The lowest BCUT2D eigenvalue weighted by Gasteiger charge is -2.21. The zero-order valence-corrected chi connectivity index (χ0v) is 17.6. The second-order valence-electron chi connectivity index (χ2n) is 6.43. The van der Waals surface area contributed by atoms with Gasteiger partial charge in [-0.1, -0.05) is 11.6 Å². The lowest BCUT2D eigenvalue weighted by atomic mass is 10.2. The number of amides is 3. The molecule has 3 amide bonds. The Morgan fingerprint density at radius 3 is 2.52 bits per heavy atom. The van der Waals surface area contributed by atoms with Crippen LogP contribution in [0, 0.1) is 0 Å². The summed E-state index contributed by atoms with van der Waals surface area (Å²) in [5, 5.41) is 20.7. The summed E-state index contributed by atoms with van der Waals surface area (Å²) in [5.41, 5.74) is 0.732. The van der Waals surface area contributed by atoms with Gasteiger partial charge in [-0.3, -0.25) is 14.5 Å². The maximum atomic E-state index is 12.2. The number of anilines is 2. The van der Waals surface area contributed by atoms with Crippen molar-refractivity contribution in [3.05, 3.63) is 45.6 Å². The predicted molar refractivity (Wildman–Crippen MR) is 113 cm³/mol. The van der Waals surface area contributed by atoms with Gasteiger partial charge in [-0.2, -0.15) is 0 Å². The Morgan fingerprint density at radius 1 is 1.23 bits per heavy atom. The first-order valence-electron chi connectivity index (χ1n) is 9.07. The molecule has 164 valence electrons. The minimum absolute atomic E-state index is 0.117. The highest BCUT2D eigenvalue weighted by Gasteiger charge is 2.33. The summed E-state index contributed by atoms with van der Waals surface area (Å²) in [6, 6.07) is 9.22. The highest BCUT2D eigenvalue weighted by Crippen LogP contribution is 2.25. The average Bonchev–Trinajstić information content (AvgIpc) is 3.35. The molecule has 31 heavy (non-hydrogen) atoms. The Kier molecular flexibility index (Phi) is 7.10. The number of nitrogens with one attached hydrogen (secondary N) is 1. The molecule has 1 saturated heterocycles. The van der Waals surface area contributed by atoms with Crippen molar-refractivity contribution in [3.8, 4) is 0 Å². The fourth-order valence-electron chi connectivity index (χ4n) is 2.94. The van der Waals surface area contributed by atoms with E-state index < -0.39 is 30.7 Å². The molecule has 0 saturated carbocycles. The highest BCUT2D eigenvalue weighted by atomic mass is 35.5. The number of hydrogen-bond acceptors (Lipinski definition) is 7. The van der Waals surface area contributed by atoms with Crippen LogP contribution < -0.4 is 15.1 Å². The number of cyclic esters (lactones) is 1. The molecule has 2 aromatic rings. The van der Waals surface area contributed by atoms with Gasteiger partial charge in [0, 0.05) is 17.9 Å². The molecule has 12 heteroatoms. The third-order valence-corrected chi connectivity index (χ3v) is 5.62. The molecule has 10 nitrogen and oxygen atoms in total. The van der Waals surface area contributed by atoms with Crippen LogP contribution in [0.3, 0.4) is 0 Å². The third kappa shape index (κ3) is 5.32. The molecular formula is C19H18ClN3O7S. The molecule has 1 atom stereocenters. The van der Waals surface area contributed by atoms with Crippen molar-refractivity contribution < 1.29 is 34.1 Å². The summed E-state index contributed by atoms with van der Waals surface area (Å²) in [7, 11) is 0. The molecule has 0 spiro atoms. The smallest absolute Gasteiger partial charge is 0.414 e. The molecule has 3 N–H and O–H groups in total.